The number of unbranched alkanes of at least 4 members (excludes halogenated alkanes) is 5. The first-order valence-electron chi connectivity index (χ1n) is 6.52. The van der Waals surface area contributed by atoms with Crippen molar-refractivity contribution in [3.05, 3.63) is 29.8 Å². The van der Waals surface area contributed by atoms with E-state index in [1.165, 1.54) is 44.1 Å². The second-order valence-corrected chi connectivity index (χ2v) is 4.33. The van der Waals surface area contributed by atoms with E-state index in [2.05, 4.69) is 13.8 Å². The summed E-state index contributed by atoms with van der Waals surface area (Å²) < 4.78 is 0. The average Bonchev–Trinajstić information content (AvgIpc) is 2.25. The summed E-state index contributed by atoms with van der Waals surface area (Å²) in [6, 6.07) is 7.80. The van der Waals surface area contributed by atoms with Gasteiger partial charge in [-0.15, -0.1) is 0 Å². The molecule has 0 aliphatic carbocycles. The molecule has 1 heteroatoms. The highest BCUT2D eigenvalue weighted by Crippen LogP contribution is 2.03. The number of aryl methyl sites for hydroxylation is 1. The zero-order valence-electron chi connectivity index (χ0n) is 11.1. The molecule has 0 atom stereocenters. The Hall–Kier alpha value is -0.980. The summed E-state index contributed by atoms with van der Waals surface area (Å²) in [6.07, 6.45) is 8.49. The van der Waals surface area contributed by atoms with Crippen LogP contribution in [0.2, 0.25) is 0 Å². The molecule has 1 aromatic rings. The molecule has 0 spiro atoms. The molecule has 0 aliphatic rings. The lowest BCUT2D eigenvalue weighted by Crippen LogP contribution is -1.82. The molecule has 0 heterocycles. The van der Waals surface area contributed by atoms with Gasteiger partial charge in [-0.05, 0) is 24.6 Å². The van der Waals surface area contributed by atoms with E-state index in [9.17, 15) is 0 Å². The van der Waals surface area contributed by atoms with Gasteiger partial charge in [-0.25, -0.2) is 0 Å². The van der Waals surface area contributed by atoms with Crippen LogP contribution < -0.4 is 5.73 Å². The van der Waals surface area contributed by atoms with Crippen molar-refractivity contribution in [1.82, 2.24) is 0 Å². The van der Waals surface area contributed by atoms with E-state index in [1.54, 1.807) is 0 Å². The van der Waals surface area contributed by atoms with Crippen molar-refractivity contribution in [2.45, 2.75) is 59.3 Å². The minimum absolute atomic E-state index is 0.838. The lowest BCUT2D eigenvalue weighted by atomic mass is 10.1. The molecule has 92 valence electrons. The predicted molar refractivity (Wildman–Crippen MR) is 74.6 cm³/mol. The third kappa shape index (κ3) is 9.57. The van der Waals surface area contributed by atoms with Gasteiger partial charge in [0.05, 0.1) is 0 Å². The van der Waals surface area contributed by atoms with Gasteiger partial charge in [0.25, 0.3) is 0 Å². The van der Waals surface area contributed by atoms with Crippen molar-refractivity contribution in [2.75, 3.05) is 5.73 Å². The van der Waals surface area contributed by atoms with Crippen LogP contribution in [0.4, 0.5) is 5.69 Å². The molecule has 0 amide bonds. The Balaban J connectivity index is 0.000000281. The van der Waals surface area contributed by atoms with E-state index >= 15 is 0 Å². The number of anilines is 1. The van der Waals surface area contributed by atoms with Gasteiger partial charge in [-0.3, -0.25) is 0 Å². The summed E-state index contributed by atoms with van der Waals surface area (Å²) in [4.78, 5) is 0. The minimum atomic E-state index is 0.838. The molecule has 1 rings (SSSR count). The highest BCUT2D eigenvalue weighted by atomic mass is 14.5. The van der Waals surface area contributed by atoms with Gasteiger partial charge >= 0.3 is 0 Å². The average molecular weight is 221 g/mol. The van der Waals surface area contributed by atoms with Gasteiger partial charge in [-0.2, -0.15) is 0 Å². The Morgan fingerprint density at radius 3 is 1.81 bits per heavy atom. The second-order valence-electron chi connectivity index (χ2n) is 4.33. The van der Waals surface area contributed by atoms with Crippen LogP contribution in [0, 0.1) is 6.92 Å². The first kappa shape index (κ1) is 15.0. The Morgan fingerprint density at radius 1 is 0.938 bits per heavy atom. The van der Waals surface area contributed by atoms with Gasteiger partial charge < -0.3 is 5.73 Å². The normalized spacial score (nSPS) is 9.44. The van der Waals surface area contributed by atoms with Crippen LogP contribution in [0.5, 0.6) is 0 Å². The fraction of sp³-hybridized carbons (Fsp3) is 0.600. The third-order valence-electron chi connectivity index (χ3n) is 2.50. The maximum absolute atomic E-state index is 5.46. The van der Waals surface area contributed by atoms with E-state index in [0.717, 1.165) is 5.69 Å². The maximum Gasteiger partial charge on any atom is 0.0316 e. The Bertz CT molecular complexity index is 232. The van der Waals surface area contributed by atoms with Crippen LogP contribution in [0.25, 0.3) is 0 Å². The molecule has 0 saturated carbocycles. The van der Waals surface area contributed by atoms with Crippen molar-refractivity contribution in [2.24, 2.45) is 0 Å². The fourth-order valence-electron chi connectivity index (χ4n) is 1.52. The van der Waals surface area contributed by atoms with E-state index in [1.807, 2.05) is 31.2 Å². The first-order valence-corrected chi connectivity index (χ1v) is 6.52. The van der Waals surface area contributed by atoms with Crippen LogP contribution in [0.3, 0.4) is 0 Å². The molecule has 1 nitrogen and oxygen atoms in total. The van der Waals surface area contributed by atoms with Crippen molar-refractivity contribution in [1.29, 1.82) is 0 Å². The molecule has 1 aromatic carbocycles. The van der Waals surface area contributed by atoms with Gasteiger partial charge in [0.2, 0.25) is 0 Å². The first-order chi connectivity index (χ1) is 7.70. The zero-order valence-corrected chi connectivity index (χ0v) is 11.1. The molecule has 16 heavy (non-hydrogen) atoms. The summed E-state index contributed by atoms with van der Waals surface area (Å²) in [5, 5.41) is 0. The van der Waals surface area contributed by atoms with Gasteiger partial charge in [0.1, 0.15) is 0 Å². The number of nitrogen functional groups attached to an aromatic ring is 1. The van der Waals surface area contributed by atoms with E-state index in [-0.39, 0.29) is 0 Å². The number of benzene rings is 1. The SMILES string of the molecule is CCCCCCCC.Cc1cccc(N)c1. The zero-order chi connectivity index (χ0) is 12.2. The summed E-state index contributed by atoms with van der Waals surface area (Å²) in [5.41, 5.74) is 7.51. The summed E-state index contributed by atoms with van der Waals surface area (Å²) in [6.45, 7) is 6.54. The Morgan fingerprint density at radius 2 is 1.50 bits per heavy atom. The number of nitrogens with two attached hydrogens (primary N) is 1. The van der Waals surface area contributed by atoms with Crippen molar-refractivity contribution in [3.63, 3.8) is 0 Å². The molecule has 0 fully saturated rings. The Labute approximate surface area is 101 Å². The molecule has 0 bridgehead atoms. The topological polar surface area (TPSA) is 26.0 Å². The van der Waals surface area contributed by atoms with Crippen LogP contribution in [-0.4, -0.2) is 0 Å². The largest absolute Gasteiger partial charge is 0.399 e. The van der Waals surface area contributed by atoms with Crippen LogP contribution in [-0.2, 0) is 0 Å². The van der Waals surface area contributed by atoms with E-state index in [0.29, 0.717) is 0 Å². The molecular weight excluding hydrogens is 194 g/mol. The number of hydrogen-bond acceptors (Lipinski definition) is 1. The molecule has 0 aliphatic heterocycles. The summed E-state index contributed by atoms with van der Waals surface area (Å²) in [5.74, 6) is 0. The molecule has 2 N–H and O–H groups in total. The van der Waals surface area contributed by atoms with Crippen LogP contribution >= 0.6 is 0 Å². The minimum Gasteiger partial charge on any atom is -0.399 e. The number of rotatable bonds is 5. The molecule has 0 radical (unpaired) electrons. The van der Waals surface area contributed by atoms with Crippen molar-refractivity contribution in [3.8, 4) is 0 Å². The van der Waals surface area contributed by atoms with Crippen LogP contribution in [0.1, 0.15) is 57.9 Å². The lowest BCUT2D eigenvalue weighted by molar-refractivity contribution is 0.624. The maximum atomic E-state index is 5.46. The highest BCUT2D eigenvalue weighted by molar-refractivity contribution is 5.39. The second kappa shape index (κ2) is 10.5. The smallest absolute Gasteiger partial charge is 0.0316 e. The van der Waals surface area contributed by atoms with Gasteiger partial charge in [0.15, 0.2) is 0 Å². The van der Waals surface area contributed by atoms with Gasteiger partial charge in [0, 0.05) is 5.69 Å². The van der Waals surface area contributed by atoms with Crippen LogP contribution in [0.15, 0.2) is 24.3 Å². The summed E-state index contributed by atoms with van der Waals surface area (Å²) >= 11 is 0. The van der Waals surface area contributed by atoms with Crippen molar-refractivity contribution >= 4 is 5.69 Å². The van der Waals surface area contributed by atoms with E-state index < -0.39 is 0 Å². The van der Waals surface area contributed by atoms with E-state index in [4.69, 9.17) is 5.73 Å². The molecular formula is C15H27N. The fourth-order valence-corrected chi connectivity index (χ4v) is 1.52. The monoisotopic (exact) mass is 221 g/mol. The quantitative estimate of drug-likeness (QED) is 0.553. The van der Waals surface area contributed by atoms with Gasteiger partial charge in [-0.1, -0.05) is 64.5 Å². The number of hydrogen-bond donors (Lipinski definition) is 1. The molecule has 0 unspecified atom stereocenters. The standard InChI is InChI=1S/C8H18.C7H9N/c1-3-5-7-8-6-4-2;1-6-3-2-4-7(8)5-6/h3-8H2,1-2H3;2-5H,8H2,1H3. The molecule has 0 aromatic heterocycles. The lowest BCUT2D eigenvalue weighted by Gasteiger charge is -1.93. The highest BCUT2D eigenvalue weighted by Gasteiger charge is 1.83. The van der Waals surface area contributed by atoms with Crippen molar-refractivity contribution < 1.29 is 0 Å². The molecule has 0 saturated heterocycles. The Kier molecular flexibility index (Phi) is 9.89. The predicted octanol–water partition coefficient (Wildman–Crippen LogP) is 4.94. The third-order valence-corrected chi connectivity index (χ3v) is 2.50. The summed E-state index contributed by atoms with van der Waals surface area (Å²) in [7, 11) is 0.